The van der Waals surface area contributed by atoms with E-state index < -0.39 is 0 Å². The molecule has 0 bridgehead atoms. The van der Waals surface area contributed by atoms with Gasteiger partial charge in [-0.1, -0.05) is 32.0 Å². The molecule has 1 aromatic carbocycles. The Morgan fingerprint density at radius 2 is 1.83 bits per heavy atom. The first-order chi connectivity index (χ1) is 5.84. The Hall–Kier alpha value is -0.630. The van der Waals surface area contributed by atoms with Crippen molar-refractivity contribution in [1.82, 2.24) is 0 Å². The van der Waals surface area contributed by atoms with Gasteiger partial charge >= 0.3 is 0 Å². The van der Waals surface area contributed by atoms with Crippen molar-refractivity contribution < 1.29 is 0 Å². The van der Waals surface area contributed by atoms with Crippen LogP contribution in [0.25, 0.3) is 0 Å². The van der Waals surface area contributed by atoms with Crippen LogP contribution in [0.2, 0.25) is 0 Å². The molecule has 2 N–H and O–H groups in total. The molecular weight excluding hydrogens is 166 g/mol. The highest BCUT2D eigenvalue weighted by molar-refractivity contribution is 7.97. The van der Waals surface area contributed by atoms with Crippen LogP contribution < -0.4 is 5.73 Å². The largest absolute Gasteiger partial charge is 0.398 e. The van der Waals surface area contributed by atoms with Gasteiger partial charge in [0.2, 0.25) is 0 Å². The zero-order valence-corrected chi connectivity index (χ0v) is 8.82. The summed E-state index contributed by atoms with van der Waals surface area (Å²) in [4.78, 5) is 0. The number of thioether (sulfide) groups is 1. The summed E-state index contributed by atoms with van der Waals surface area (Å²) < 4.78 is 0. The molecule has 0 unspecified atom stereocenters. The molecule has 0 aliphatic rings. The summed E-state index contributed by atoms with van der Waals surface area (Å²) in [5, 5.41) is 0. The van der Waals surface area contributed by atoms with Crippen molar-refractivity contribution in [3.63, 3.8) is 0 Å². The number of hydrogen-bond donors (Lipinski definition) is 1. The first-order valence-corrected chi connectivity index (χ1v) is 5.56. The molecule has 1 rings (SSSR count). The van der Waals surface area contributed by atoms with E-state index in [1.54, 1.807) is 11.8 Å². The van der Waals surface area contributed by atoms with Crippen molar-refractivity contribution in [1.29, 1.82) is 0 Å². The third kappa shape index (κ3) is 3.67. The van der Waals surface area contributed by atoms with E-state index in [1.807, 2.05) is 32.0 Å². The average molecular weight is 183 g/mol. The van der Waals surface area contributed by atoms with Crippen LogP contribution in [0.3, 0.4) is 0 Å². The van der Waals surface area contributed by atoms with Crippen molar-refractivity contribution in [3.05, 3.63) is 29.8 Å². The van der Waals surface area contributed by atoms with Crippen LogP contribution in [0.5, 0.6) is 0 Å². The smallest absolute Gasteiger partial charge is 0.0355 e. The Labute approximate surface area is 79.4 Å². The molecule has 0 heterocycles. The van der Waals surface area contributed by atoms with Crippen LogP contribution in [-0.2, 0) is 5.75 Å². The van der Waals surface area contributed by atoms with E-state index >= 15 is 0 Å². The lowest BCUT2D eigenvalue weighted by Crippen LogP contribution is -1.90. The Bertz CT molecular complexity index is 211. The van der Waals surface area contributed by atoms with E-state index in [0.29, 0.717) is 0 Å². The minimum absolute atomic E-state index is 0.900. The van der Waals surface area contributed by atoms with Gasteiger partial charge in [0.25, 0.3) is 0 Å². The van der Waals surface area contributed by atoms with E-state index in [0.717, 1.165) is 11.4 Å². The van der Waals surface area contributed by atoms with Crippen LogP contribution in [0.4, 0.5) is 5.69 Å². The lowest BCUT2D eigenvalue weighted by molar-refractivity contribution is 1.42. The highest BCUT2D eigenvalue weighted by Crippen LogP contribution is 2.15. The molecule has 0 aliphatic heterocycles. The number of hydrogen-bond acceptors (Lipinski definition) is 2. The first kappa shape index (κ1) is 11.4. The zero-order valence-electron chi connectivity index (χ0n) is 8.00. The summed E-state index contributed by atoms with van der Waals surface area (Å²) in [5.41, 5.74) is 7.82. The Morgan fingerprint density at radius 1 is 1.25 bits per heavy atom. The van der Waals surface area contributed by atoms with E-state index in [4.69, 9.17) is 5.73 Å². The summed E-state index contributed by atoms with van der Waals surface area (Å²) in [5.74, 6) is 1.01. The van der Waals surface area contributed by atoms with Gasteiger partial charge in [-0.05, 0) is 17.9 Å². The first-order valence-electron chi connectivity index (χ1n) is 4.17. The monoisotopic (exact) mass is 183 g/mol. The summed E-state index contributed by atoms with van der Waals surface area (Å²) in [6.07, 6.45) is 2.08. The number of nitrogens with two attached hydrogens (primary N) is 1. The molecule has 0 fully saturated rings. The molecule has 0 radical (unpaired) electrons. The Kier molecular flexibility index (Phi) is 6.67. The maximum Gasteiger partial charge on any atom is 0.0355 e. The van der Waals surface area contributed by atoms with Gasteiger partial charge in [-0.3, -0.25) is 0 Å². The maximum atomic E-state index is 5.69. The molecule has 12 heavy (non-hydrogen) atoms. The third-order valence-corrected chi connectivity index (χ3v) is 1.95. The third-order valence-electron chi connectivity index (χ3n) is 1.35. The van der Waals surface area contributed by atoms with E-state index in [1.165, 1.54) is 5.56 Å². The number of rotatable bonds is 2. The minimum atomic E-state index is 0.900. The van der Waals surface area contributed by atoms with Gasteiger partial charge in [0.15, 0.2) is 0 Å². The van der Waals surface area contributed by atoms with Gasteiger partial charge in [0.05, 0.1) is 0 Å². The second kappa shape index (κ2) is 7.04. The van der Waals surface area contributed by atoms with Crippen LogP contribution in [0.15, 0.2) is 24.3 Å². The molecule has 1 aromatic rings. The minimum Gasteiger partial charge on any atom is -0.398 e. The summed E-state index contributed by atoms with van der Waals surface area (Å²) >= 11 is 1.79. The summed E-state index contributed by atoms with van der Waals surface area (Å²) in [6, 6.07) is 7.97. The predicted molar refractivity (Wildman–Crippen MR) is 59.4 cm³/mol. The lowest BCUT2D eigenvalue weighted by atomic mass is 10.2. The fraction of sp³-hybridized carbons (Fsp3) is 0.400. The Morgan fingerprint density at radius 3 is 2.33 bits per heavy atom. The highest BCUT2D eigenvalue weighted by Gasteiger charge is 1.93. The molecule has 0 amide bonds. The average Bonchev–Trinajstić information content (AvgIpc) is 2.13. The van der Waals surface area contributed by atoms with Crippen molar-refractivity contribution in [3.8, 4) is 0 Å². The quantitative estimate of drug-likeness (QED) is 0.713. The van der Waals surface area contributed by atoms with E-state index in [-0.39, 0.29) is 0 Å². The van der Waals surface area contributed by atoms with Gasteiger partial charge in [-0.25, -0.2) is 0 Å². The molecule has 0 saturated heterocycles. The second-order valence-corrected chi connectivity index (χ2v) is 3.00. The number of nitrogen functional groups attached to an aromatic ring is 1. The molecule has 68 valence electrons. The van der Waals surface area contributed by atoms with Gasteiger partial charge < -0.3 is 5.73 Å². The van der Waals surface area contributed by atoms with Crippen LogP contribution in [0.1, 0.15) is 19.4 Å². The Balaban J connectivity index is 0.000000561. The molecule has 0 saturated carbocycles. The maximum absolute atomic E-state index is 5.69. The van der Waals surface area contributed by atoms with Crippen molar-refractivity contribution in [2.24, 2.45) is 0 Å². The molecule has 2 heteroatoms. The molecule has 0 aliphatic carbocycles. The fourth-order valence-corrected chi connectivity index (χ4v) is 1.40. The number of benzene rings is 1. The van der Waals surface area contributed by atoms with Crippen LogP contribution in [0, 0.1) is 0 Å². The van der Waals surface area contributed by atoms with Crippen LogP contribution >= 0.6 is 11.8 Å². The van der Waals surface area contributed by atoms with Gasteiger partial charge in [0, 0.05) is 11.4 Å². The van der Waals surface area contributed by atoms with Crippen LogP contribution in [-0.4, -0.2) is 6.26 Å². The van der Waals surface area contributed by atoms with Crippen molar-refractivity contribution in [2.75, 3.05) is 12.0 Å². The van der Waals surface area contributed by atoms with Crippen molar-refractivity contribution >= 4 is 17.4 Å². The normalized spacial score (nSPS) is 8.58. The van der Waals surface area contributed by atoms with E-state index in [2.05, 4.69) is 12.3 Å². The SMILES string of the molecule is CC.CSCc1ccccc1N. The zero-order chi connectivity index (χ0) is 9.40. The van der Waals surface area contributed by atoms with Gasteiger partial charge in [0.1, 0.15) is 0 Å². The number of para-hydroxylation sites is 1. The summed E-state index contributed by atoms with van der Waals surface area (Å²) in [6.45, 7) is 4.00. The predicted octanol–water partition coefficient (Wildman–Crippen LogP) is 3.16. The second-order valence-electron chi connectivity index (χ2n) is 2.13. The lowest BCUT2D eigenvalue weighted by Gasteiger charge is -2.00. The van der Waals surface area contributed by atoms with Gasteiger partial charge in [-0.15, -0.1) is 0 Å². The molecular formula is C10H17NS. The number of anilines is 1. The fourth-order valence-electron chi connectivity index (χ4n) is 0.821. The summed E-state index contributed by atoms with van der Waals surface area (Å²) in [7, 11) is 0. The highest BCUT2D eigenvalue weighted by atomic mass is 32.2. The van der Waals surface area contributed by atoms with E-state index in [9.17, 15) is 0 Å². The molecule has 1 nitrogen and oxygen atoms in total. The van der Waals surface area contributed by atoms with Crippen molar-refractivity contribution in [2.45, 2.75) is 19.6 Å². The molecule has 0 atom stereocenters. The van der Waals surface area contributed by atoms with Gasteiger partial charge in [-0.2, -0.15) is 11.8 Å². The standard InChI is InChI=1S/C8H11NS.C2H6/c1-10-6-7-4-2-3-5-8(7)9;1-2/h2-5H,6,9H2,1H3;1-2H3. The molecule has 0 spiro atoms. The molecule has 0 aromatic heterocycles. The topological polar surface area (TPSA) is 26.0 Å².